The highest BCUT2D eigenvalue weighted by Crippen LogP contribution is 2.26. The maximum absolute atomic E-state index is 5.56. The lowest BCUT2D eigenvalue weighted by atomic mass is 9.89. The van der Waals surface area contributed by atoms with Gasteiger partial charge in [-0.15, -0.1) is 0 Å². The lowest BCUT2D eigenvalue weighted by molar-refractivity contribution is 0.00291. The smallest absolute Gasteiger partial charge is 0.158 e. The number of anilines is 2. The monoisotopic (exact) mass is 280 g/mol. The van der Waals surface area contributed by atoms with Crippen molar-refractivity contribution in [1.82, 2.24) is 9.97 Å². The molecule has 0 amide bonds. The van der Waals surface area contributed by atoms with E-state index in [1.807, 2.05) is 27.0 Å². The van der Waals surface area contributed by atoms with E-state index in [-0.39, 0.29) is 0 Å². The van der Waals surface area contributed by atoms with Gasteiger partial charge in [0.1, 0.15) is 18.2 Å². The van der Waals surface area contributed by atoms with Crippen LogP contribution in [0.4, 0.5) is 11.6 Å². The van der Waals surface area contributed by atoms with Crippen LogP contribution in [0.25, 0.3) is 0 Å². The molecule has 1 aromatic rings. The molecule has 0 saturated heterocycles. The van der Waals surface area contributed by atoms with Crippen molar-refractivity contribution < 1.29 is 9.47 Å². The minimum Gasteiger partial charge on any atom is -0.378 e. The van der Waals surface area contributed by atoms with Gasteiger partial charge in [0.15, 0.2) is 5.82 Å². The third-order valence-corrected chi connectivity index (χ3v) is 3.31. The fourth-order valence-corrected chi connectivity index (χ4v) is 2.22. The molecule has 0 atom stereocenters. The maximum Gasteiger partial charge on any atom is 0.158 e. The Morgan fingerprint density at radius 3 is 2.60 bits per heavy atom. The van der Waals surface area contributed by atoms with Crippen molar-refractivity contribution in [3.05, 3.63) is 11.9 Å². The highest BCUT2D eigenvalue weighted by Gasteiger charge is 2.29. The first-order chi connectivity index (χ1) is 9.75. The molecule has 6 nitrogen and oxygen atoms in total. The van der Waals surface area contributed by atoms with E-state index in [1.54, 1.807) is 0 Å². The van der Waals surface area contributed by atoms with E-state index in [2.05, 4.69) is 20.6 Å². The van der Waals surface area contributed by atoms with Gasteiger partial charge in [-0.1, -0.05) is 0 Å². The summed E-state index contributed by atoms with van der Waals surface area (Å²) in [6, 6.07) is 2.36. The second kappa shape index (κ2) is 7.40. The Morgan fingerprint density at radius 2 is 1.95 bits per heavy atom. The molecule has 2 N–H and O–H groups in total. The van der Waals surface area contributed by atoms with Gasteiger partial charge in [-0.25, -0.2) is 9.97 Å². The van der Waals surface area contributed by atoms with Gasteiger partial charge in [0.25, 0.3) is 0 Å². The highest BCUT2D eigenvalue weighted by molar-refractivity contribution is 5.48. The molecular formula is C14H24N4O2. The predicted octanol–water partition coefficient (Wildman–Crippen LogP) is 2.03. The molecule has 1 aliphatic carbocycles. The van der Waals surface area contributed by atoms with Crippen molar-refractivity contribution in [2.24, 2.45) is 0 Å². The Balaban J connectivity index is 1.93. The summed E-state index contributed by atoms with van der Waals surface area (Å²) in [4.78, 5) is 8.86. The average Bonchev–Trinajstić information content (AvgIpc) is 2.42. The van der Waals surface area contributed by atoms with E-state index in [0.29, 0.717) is 31.2 Å². The second-order valence-electron chi connectivity index (χ2n) is 4.83. The van der Waals surface area contributed by atoms with Gasteiger partial charge in [-0.3, -0.25) is 0 Å². The van der Waals surface area contributed by atoms with Crippen molar-refractivity contribution >= 4 is 11.6 Å². The molecule has 0 radical (unpaired) electrons. The molecule has 0 aromatic carbocycles. The Labute approximate surface area is 120 Å². The molecule has 6 heteroatoms. The Morgan fingerprint density at radius 1 is 1.20 bits per heavy atom. The topological polar surface area (TPSA) is 68.3 Å². The van der Waals surface area contributed by atoms with Crippen LogP contribution in [0.2, 0.25) is 0 Å². The van der Waals surface area contributed by atoms with E-state index in [0.717, 1.165) is 31.1 Å². The number of nitrogens with zero attached hydrogens (tertiary/aromatic N) is 2. The van der Waals surface area contributed by atoms with E-state index >= 15 is 0 Å². The van der Waals surface area contributed by atoms with E-state index in [9.17, 15) is 0 Å². The number of ether oxygens (including phenoxy) is 2. The molecule has 112 valence electrons. The summed E-state index contributed by atoms with van der Waals surface area (Å²) in [7, 11) is 1.85. The molecule has 0 unspecified atom stereocenters. The minimum atomic E-state index is 0.394. The first kappa shape index (κ1) is 15.0. The van der Waals surface area contributed by atoms with Gasteiger partial charge < -0.3 is 20.1 Å². The normalized spacial score (nSPS) is 21.4. The summed E-state index contributed by atoms with van der Waals surface area (Å²) in [5, 5.41) is 6.48. The fraction of sp³-hybridized carbons (Fsp3) is 0.714. The summed E-state index contributed by atoms with van der Waals surface area (Å²) in [5.41, 5.74) is 0. The summed E-state index contributed by atoms with van der Waals surface area (Å²) in [6.45, 7) is 5.88. The van der Waals surface area contributed by atoms with Crippen LogP contribution in [0.1, 0.15) is 32.5 Å². The van der Waals surface area contributed by atoms with Gasteiger partial charge in [0.2, 0.25) is 0 Å². The molecule has 1 saturated carbocycles. The number of rotatable bonds is 8. The lowest BCUT2D eigenvalue weighted by Gasteiger charge is -2.35. The molecule has 0 spiro atoms. The molecular weight excluding hydrogens is 256 g/mol. The zero-order valence-corrected chi connectivity index (χ0v) is 12.5. The van der Waals surface area contributed by atoms with Gasteiger partial charge in [0.05, 0.1) is 6.10 Å². The molecule has 2 rings (SSSR count). The summed E-state index contributed by atoms with van der Waals surface area (Å²) >= 11 is 0. The molecule has 20 heavy (non-hydrogen) atoms. The van der Waals surface area contributed by atoms with Crippen LogP contribution < -0.4 is 10.6 Å². The fourth-order valence-electron chi connectivity index (χ4n) is 2.22. The number of hydrogen-bond donors (Lipinski definition) is 2. The van der Waals surface area contributed by atoms with Crippen molar-refractivity contribution in [3.63, 3.8) is 0 Å². The quantitative estimate of drug-likeness (QED) is 0.759. The average molecular weight is 280 g/mol. The third kappa shape index (κ3) is 4.05. The summed E-state index contributed by atoms with van der Waals surface area (Å²) in [6.07, 6.45) is 2.46. The zero-order valence-electron chi connectivity index (χ0n) is 12.5. The van der Waals surface area contributed by atoms with Crippen LogP contribution in [-0.4, -0.2) is 42.4 Å². The van der Waals surface area contributed by atoms with Crippen LogP contribution >= 0.6 is 0 Å². The predicted molar refractivity (Wildman–Crippen MR) is 79.0 cm³/mol. The van der Waals surface area contributed by atoms with E-state index in [1.165, 1.54) is 0 Å². The minimum absolute atomic E-state index is 0.394. The number of nitrogens with one attached hydrogen (secondary N) is 2. The first-order valence-electron chi connectivity index (χ1n) is 7.26. The van der Waals surface area contributed by atoms with E-state index in [4.69, 9.17) is 9.47 Å². The van der Waals surface area contributed by atoms with Crippen molar-refractivity contribution in [3.8, 4) is 0 Å². The summed E-state index contributed by atoms with van der Waals surface area (Å²) in [5.74, 6) is 2.35. The maximum atomic E-state index is 5.56. The standard InChI is InChI=1S/C14H24N4O2/c1-4-19-9-14-17-12(15-3)8-13(18-14)16-10-6-11(7-10)20-5-2/h8,10-11H,4-7,9H2,1-3H3,(H2,15,16,17,18). The van der Waals surface area contributed by atoms with Crippen LogP contribution in [0.3, 0.4) is 0 Å². The van der Waals surface area contributed by atoms with Gasteiger partial charge in [-0.2, -0.15) is 0 Å². The lowest BCUT2D eigenvalue weighted by Crippen LogP contribution is -2.41. The second-order valence-corrected chi connectivity index (χ2v) is 4.83. The van der Waals surface area contributed by atoms with Crippen LogP contribution in [-0.2, 0) is 16.1 Å². The third-order valence-electron chi connectivity index (χ3n) is 3.31. The molecule has 0 bridgehead atoms. The van der Waals surface area contributed by atoms with Crippen molar-refractivity contribution in [1.29, 1.82) is 0 Å². The summed E-state index contributed by atoms with van der Waals surface area (Å²) < 4.78 is 10.9. The van der Waals surface area contributed by atoms with Gasteiger partial charge >= 0.3 is 0 Å². The Kier molecular flexibility index (Phi) is 5.55. The molecule has 1 heterocycles. The van der Waals surface area contributed by atoms with Crippen LogP contribution in [0.15, 0.2) is 6.07 Å². The zero-order chi connectivity index (χ0) is 14.4. The highest BCUT2D eigenvalue weighted by atomic mass is 16.5. The molecule has 1 aliphatic rings. The molecule has 1 aromatic heterocycles. The SMILES string of the molecule is CCOCc1nc(NC)cc(NC2CC(OCC)C2)n1. The number of aromatic nitrogens is 2. The largest absolute Gasteiger partial charge is 0.378 e. The van der Waals surface area contributed by atoms with E-state index < -0.39 is 0 Å². The Bertz CT molecular complexity index is 422. The van der Waals surface area contributed by atoms with Gasteiger partial charge in [-0.05, 0) is 26.7 Å². The Hall–Kier alpha value is -1.40. The van der Waals surface area contributed by atoms with Crippen molar-refractivity contribution in [2.45, 2.75) is 45.4 Å². The van der Waals surface area contributed by atoms with Crippen molar-refractivity contribution in [2.75, 3.05) is 30.9 Å². The molecule has 1 fully saturated rings. The first-order valence-corrected chi connectivity index (χ1v) is 7.26. The van der Waals surface area contributed by atoms with Crippen LogP contribution in [0, 0.1) is 0 Å². The van der Waals surface area contributed by atoms with Crippen LogP contribution in [0.5, 0.6) is 0 Å². The molecule has 0 aliphatic heterocycles. The van der Waals surface area contributed by atoms with Gasteiger partial charge in [0, 0.05) is 32.4 Å². The number of hydrogen-bond acceptors (Lipinski definition) is 6.